The van der Waals surface area contributed by atoms with Crippen LogP contribution in [0.15, 0.2) is 69.9 Å². The van der Waals surface area contributed by atoms with Crippen LogP contribution < -0.4 is 14.9 Å². The molecule has 0 N–H and O–H groups in total. The van der Waals surface area contributed by atoms with E-state index in [4.69, 9.17) is 13.9 Å². The standard InChI is InChI=1S/C28H24FNO5/c1-16-4-10-21-20(14-16)26(31)24-25(18-6-8-19(29)9-7-18)30(28(32)27(24)35-21)13-12-17-5-11-22(33-2)23(15-17)34-3/h4-11,14-15,25H,12-13H2,1-3H3/t25-/m0/s1. The Hall–Kier alpha value is -4.13. The van der Waals surface area contributed by atoms with Crippen molar-refractivity contribution in [2.45, 2.75) is 19.4 Å². The molecule has 0 aliphatic carbocycles. The number of hydrogen-bond acceptors (Lipinski definition) is 5. The lowest BCUT2D eigenvalue weighted by Gasteiger charge is -2.25. The zero-order valence-electron chi connectivity index (χ0n) is 19.6. The lowest BCUT2D eigenvalue weighted by atomic mass is 9.98. The van der Waals surface area contributed by atoms with Gasteiger partial charge in [-0.2, -0.15) is 0 Å². The van der Waals surface area contributed by atoms with E-state index in [9.17, 15) is 14.0 Å². The third-order valence-electron chi connectivity index (χ3n) is 6.40. The summed E-state index contributed by atoms with van der Waals surface area (Å²) in [5.41, 5.74) is 2.90. The van der Waals surface area contributed by atoms with Gasteiger partial charge in [0.2, 0.25) is 5.76 Å². The molecule has 4 aromatic rings. The van der Waals surface area contributed by atoms with Gasteiger partial charge in [0, 0.05) is 6.54 Å². The van der Waals surface area contributed by atoms with Gasteiger partial charge in [0.15, 0.2) is 16.9 Å². The highest BCUT2D eigenvalue weighted by atomic mass is 19.1. The van der Waals surface area contributed by atoms with Crippen molar-refractivity contribution in [1.29, 1.82) is 0 Å². The Labute approximate surface area is 201 Å². The first-order valence-electron chi connectivity index (χ1n) is 11.3. The fourth-order valence-electron chi connectivity index (χ4n) is 4.64. The number of hydrogen-bond donors (Lipinski definition) is 0. The Morgan fingerprint density at radius 2 is 1.69 bits per heavy atom. The summed E-state index contributed by atoms with van der Waals surface area (Å²) in [6.45, 7) is 2.21. The molecule has 0 unspecified atom stereocenters. The summed E-state index contributed by atoms with van der Waals surface area (Å²) < 4.78 is 30.4. The zero-order chi connectivity index (χ0) is 24.7. The third-order valence-corrected chi connectivity index (χ3v) is 6.40. The summed E-state index contributed by atoms with van der Waals surface area (Å²) in [7, 11) is 3.14. The van der Waals surface area contributed by atoms with Crippen LogP contribution in [0.5, 0.6) is 11.5 Å². The largest absolute Gasteiger partial charge is 0.493 e. The molecular formula is C28H24FNO5. The minimum absolute atomic E-state index is 0.0352. The van der Waals surface area contributed by atoms with E-state index in [0.29, 0.717) is 41.0 Å². The van der Waals surface area contributed by atoms with Crippen LogP contribution in [0.2, 0.25) is 0 Å². The van der Waals surface area contributed by atoms with Crippen LogP contribution in [-0.2, 0) is 6.42 Å². The lowest BCUT2D eigenvalue weighted by Crippen LogP contribution is -2.31. The number of methoxy groups -OCH3 is 2. The Kier molecular flexibility index (Phi) is 5.76. The van der Waals surface area contributed by atoms with Crippen molar-refractivity contribution in [1.82, 2.24) is 4.90 Å². The number of carbonyl (C=O) groups excluding carboxylic acids is 1. The maximum atomic E-state index is 13.7. The molecule has 1 aliphatic heterocycles. The molecule has 0 radical (unpaired) electrons. The van der Waals surface area contributed by atoms with Gasteiger partial charge in [0.05, 0.1) is 31.2 Å². The molecule has 1 aliphatic rings. The van der Waals surface area contributed by atoms with Crippen molar-refractivity contribution in [2.24, 2.45) is 0 Å². The highest BCUT2D eigenvalue weighted by Crippen LogP contribution is 2.38. The van der Waals surface area contributed by atoms with Crippen LogP contribution in [0, 0.1) is 12.7 Å². The average molecular weight is 474 g/mol. The highest BCUT2D eigenvalue weighted by Gasteiger charge is 2.42. The van der Waals surface area contributed by atoms with E-state index in [1.165, 1.54) is 12.1 Å². The van der Waals surface area contributed by atoms with E-state index >= 15 is 0 Å². The quantitative estimate of drug-likeness (QED) is 0.392. The lowest BCUT2D eigenvalue weighted by molar-refractivity contribution is 0.0730. The summed E-state index contributed by atoms with van der Waals surface area (Å²) >= 11 is 0. The van der Waals surface area contributed by atoms with Crippen molar-refractivity contribution in [3.05, 3.63) is 105 Å². The minimum Gasteiger partial charge on any atom is -0.493 e. The SMILES string of the molecule is COc1ccc(CCN2C(=O)c3oc4ccc(C)cc4c(=O)c3[C@@H]2c2ccc(F)cc2)cc1OC. The predicted octanol–water partition coefficient (Wildman–Crippen LogP) is 5.05. The second-order valence-corrected chi connectivity index (χ2v) is 8.57. The first kappa shape index (κ1) is 22.7. The van der Waals surface area contributed by atoms with Crippen LogP contribution >= 0.6 is 0 Å². The zero-order valence-corrected chi connectivity index (χ0v) is 19.6. The highest BCUT2D eigenvalue weighted by molar-refractivity contribution is 5.99. The Morgan fingerprint density at radius 1 is 0.943 bits per heavy atom. The van der Waals surface area contributed by atoms with Crippen LogP contribution in [0.3, 0.4) is 0 Å². The fourth-order valence-corrected chi connectivity index (χ4v) is 4.64. The number of aryl methyl sites for hydroxylation is 1. The molecule has 6 nitrogen and oxygen atoms in total. The molecule has 0 spiro atoms. The molecule has 2 heterocycles. The number of rotatable bonds is 6. The van der Waals surface area contributed by atoms with Gasteiger partial charge in [-0.3, -0.25) is 9.59 Å². The van der Waals surface area contributed by atoms with Gasteiger partial charge in [-0.1, -0.05) is 29.8 Å². The Bertz CT molecular complexity index is 1490. The number of carbonyl (C=O) groups is 1. The van der Waals surface area contributed by atoms with Gasteiger partial charge in [0.1, 0.15) is 11.4 Å². The molecule has 1 atom stereocenters. The molecule has 178 valence electrons. The van der Waals surface area contributed by atoms with Crippen molar-refractivity contribution in [3.8, 4) is 11.5 Å². The summed E-state index contributed by atoms with van der Waals surface area (Å²) in [4.78, 5) is 28.7. The molecule has 0 fully saturated rings. The molecule has 35 heavy (non-hydrogen) atoms. The Balaban J connectivity index is 1.58. The topological polar surface area (TPSA) is 69.0 Å². The Morgan fingerprint density at radius 3 is 2.40 bits per heavy atom. The van der Waals surface area contributed by atoms with E-state index in [0.717, 1.165) is 11.1 Å². The van der Waals surface area contributed by atoms with E-state index < -0.39 is 11.9 Å². The maximum Gasteiger partial charge on any atom is 0.290 e. The second kappa shape index (κ2) is 8.91. The number of fused-ring (bicyclic) bond motifs is 2. The van der Waals surface area contributed by atoms with Crippen LogP contribution in [0.25, 0.3) is 11.0 Å². The first-order valence-corrected chi connectivity index (χ1v) is 11.3. The van der Waals surface area contributed by atoms with Crippen molar-refractivity contribution < 1.29 is 23.1 Å². The smallest absolute Gasteiger partial charge is 0.290 e. The molecule has 0 saturated heterocycles. The number of nitrogens with zero attached hydrogens (tertiary/aromatic N) is 1. The fraction of sp³-hybridized carbons (Fsp3) is 0.214. The predicted molar refractivity (Wildman–Crippen MR) is 130 cm³/mol. The second-order valence-electron chi connectivity index (χ2n) is 8.57. The van der Waals surface area contributed by atoms with E-state index in [2.05, 4.69) is 0 Å². The summed E-state index contributed by atoms with van der Waals surface area (Å²) in [6.07, 6.45) is 0.505. The summed E-state index contributed by atoms with van der Waals surface area (Å²) in [5, 5.41) is 0.422. The van der Waals surface area contributed by atoms with E-state index in [1.54, 1.807) is 43.4 Å². The molecule has 0 bridgehead atoms. The maximum absolute atomic E-state index is 13.7. The molecule has 7 heteroatoms. The molecule has 1 amide bonds. The van der Waals surface area contributed by atoms with Crippen LogP contribution in [0.4, 0.5) is 4.39 Å². The average Bonchev–Trinajstić information content (AvgIpc) is 3.15. The van der Waals surface area contributed by atoms with Crippen molar-refractivity contribution in [3.63, 3.8) is 0 Å². The van der Waals surface area contributed by atoms with Gasteiger partial charge in [-0.25, -0.2) is 4.39 Å². The molecule has 5 rings (SSSR count). The van der Waals surface area contributed by atoms with E-state index in [-0.39, 0.29) is 22.7 Å². The summed E-state index contributed by atoms with van der Waals surface area (Å²) in [6, 6.07) is 16.1. The molecule has 0 saturated carbocycles. The number of benzene rings is 3. The van der Waals surface area contributed by atoms with Gasteiger partial charge < -0.3 is 18.8 Å². The first-order chi connectivity index (χ1) is 16.9. The molecular weight excluding hydrogens is 449 g/mol. The number of amides is 1. The summed E-state index contributed by atoms with van der Waals surface area (Å²) in [5.74, 6) is 0.482. The number of halogens is 1. The molecule has 1 aromatic heterocycles. The van der Waals surface area contributed by atoms with Gasteiger partial charge in [-0.05, 0) is 60.9 Å². The van der Waals surface area contributed by atoms with Gasteiger partial charge >= 0.3 is 0 Å². The van der Waals surface area contributed by atoms with Gasteiger partial charge in [-0.15, -0.1) is 0 Å². The monoisotopic (exact) mass is 473 g/mol. The molecule has 3 aromatic carbocycles. The van der Waals surface area contributed by atoms with E-state index in [1.807, 2.05) is 31.2 Å². The van der Waals surface area contributed by atoms with Crippen LogP contribution in [-0.4, -0.2) is 31.6 Å². The van der Waals surface area contributed by atoms with Crippen molar-refractivity contribution >= 4 is 16.9 Å². The normalized spacial score (nSPS) is 14.9. The number of ether oxygens (including phenoxy) is 2. The van der Waals surface area contributed by atoms with Crippen molar-refractivity contribution in [2.75, 3.05) is 20.8 Å². The van der Waals surface area contributed by atoms with Crippen LogP contribution in [0.1, 0.15) is 38.9 Å². The minimum atomic E-state index is -0.681. The van der Waals surface area contributed by atoms with Gasteiger partial charge in [0.25, 0.3) is 5.91 Å². The third kappa shape index (κ3) is 3.93.